The quantitative estimate of drug-likeness (QED) is 0.505. The molecule has 0 amide bonds. The summed E-state index contributed by atoms with van der Waals surface area (Å²) >= 11 is 5.87. The Kier molecular flexibility index (Phi) is 5.03. The normalized spacial score (nSPS) is 10.4. The minimum atomic E-state index is -0.397. The molecule has 0 fully saturated rings. The number of nitro groups is 1. The average molecular weight is 292 g/mol. The maximum atomic E-state index is 10.9. The van der Waals surface area contributed by atoms with Crippen molar-refractivity contribution in [3.05, 3.63) is 69.0 Å². The van der Waals surface area contributed by atoms with Crippen molar-refractivity contribution in [2.24, 2.45) is 0 Å². The van der Waals surface area contributed by atoms with Crippen LogP contribution in [0.25, 0.3) is 0 Å². The standard InChI is InChI=1S/C14H14ClN3O2/c15-12-4-5-14(18(19)20)11(9-12)10-16-8-6-13-3-1-2-7-17-13/h1-5,7,9,16H,6,8,10H2. The highest BCUT2D eigenvalue weighted by molar-refractivity contribution is 6.30. The molecule has 1 heterocycles. The van der Waals surface area contributed by atoms with Gasteiger partial charge in [-0.25, -0.2) is 0 Å². The van der Waals surface area contributed by atoms with Crippen molar-refractivity contribution in [3.8, 4) is 0 Å². The summed E-state index contributed by atoms with van der Waals surface area (Å²) in [5.74, 6) is 0. The first kappa shape index (κ1) is 14.4. The highest BCUT2D eigenvalue weighted by atomic mass is 35.5. The van der Waals surface area contributed by atoms with Crippen molar-refractivity contribution in [3.63, 3.8) is 0 Å². The molecule has 0 saturated carbocycles. The van der Waals surface area contributed by atoms with E-state index in [1.807, 2.05) is 18.2 Å². The third kappa shape index (κ3) is 4.01. The van der Waals surface area contributed by atoms with E-state index in [9.17, 15) is 10.1 Å². The van der Waals surface area contributed by atoms with Crippen LogP contribution in [0.15, 0.2) is 42.6 Å². The van der Waals surface area contributed by atoms with Gasteiger partial charge in [0.2, 0.25) is 0 Å². The number of pyridine rings is 1. The van der Waals surface area contributed by atoms with Crippen LogP contribution in [0.3, 0.4) is 0 Å². The summed E-state index contributed by atoms with van der Waals surface area (Å²) in [7, 11) is 0. The number of aromatic nitrogens is 1. The zero-order valence-corrected chi connectivity index (χ0v) is 11.5. The summed E-state index contributed by atoms with van der Waals surface area (Å²) in [6.45, 7) is 1.10. The van der Waals surface area contributed by atoms with E-state index in [-0.39, 0.29) is 5.69 Å². The zero-order valence-electron chi connectivity index (χ0n) is 10.8. The highest BCUT2D eigenvalue weighted by Crippen LogP contribution is 2.22. The molecule has 20 heavy (non-hydrogen) atoms. The molecule has 0 bridgehead atoms. The van der Waals surface area contributed by atoms with Crippen LogP contribution in [0.5, 0.6) is 0 Å². The molecule has 0 unspecified atom stereocenters. The van der Waals surface area contributed by atoms with Crippen molar-refractivity contribution in [2.75, 3.05) is 6.54 Å². The highest BCUT2D eigenvalue weighted by Gasteiger charge is 2.13. The molecule has 0 saturated heterocycles. The number of nitrogens with zero attached hydrogens (tertiary/aromatic N) is 2. The van der Waals surface area contributed by atoms with Crippen LogP contribution >= 0.6 is 11.6 Å². The largest absolute Gasteiger partial charge is 0.312 e. The number of nitro benzene ring substituents is 1. The first-order chi connectivity index (χ1) is 9.66. The first-order valence-electron chi connectivity index (χ1n) is 6.20. The van der Waals surface area contributed by atoms with Gasteiger partial charge in [0.1, 0.15) is 0 Å². The zero-order chi connectivity index (χ0) is 14.4. The van der Waals surface area contributed by atoms with Crippen LogP contribution in [-0.2, 0) is 13.0 Å². The van der Waals surface area contributed by atoms with E-state index in [4.69, 9.17) is 11.6 Å². The molecule has 0 aliphatic rings. The van der Waals surface area contributed by atoms with Gasteiger partial charge in [-0.2, -0.15) is 0 Å². The lowest BCUT2D eigenvalue weighted by Gasteiger charge is -2.06. The van der Waals surface area contributed by atoms with Crippen LogP contribution in [-0.4, -0.2) is 16.5 Å². The van der Waals surface area contributed by atoms with Crippen LogP contribution in [0, 0.1) is 10.1 Å². The molecular weight excluding hydrogens is 278 g/mol. The maximum Gasteiger partial charge on any atom is 0.273 e. The van der Waals surface area contributed by atoms with Gasteiger partial charge in [0.15, 0.2) is 0 Å². The molecule has 0 aliphatic heterocycles. The number of halogens is 1. The minimum absolute atomic E-state index is 0.0831. The van der Waals surface area contributed by atoms with Gasteiger partial charge in [-0.05, 0) is 24.3 Å². The number of nitrogens with one attached hydrogen (secondary N) is 1. The van der Waals surface area contributed by atoms with E-state index in [1.54, 1.807) is 12.3 Å². The van der Waals surface area contributed by atoms with Crippen molar-refractivity contribution >= 4 is 17.3 Å². The molecule has 1 N–H and O–H groups in total. The fraction of sp³-hybridized carbons (Fsp3) is 0.214. The summed E-state index contributed by atoms with van der Waals surface area (Å²) in [5.41, 5.74) is 1.66. The molecule has 104 valence electrons. The lowest BCUT2D eigenvalue weighted by atomic mass is 10.1. The Morgan fingerprint density at radius 3 is 2.85 bits per heavy atom. The molecule has 5 nitrogen and oxygen atoms in total. The Balaban J connectivity index is 1.91. The molecule has 1 aromatic carbocycles. The molecule has 0 spiro atoms. The topological polar surface area (TPSA) is 68.1 Å². The average Bonchev–Trinajstić information content (AvgIpc) is 2.44. The Labute approximate surface area is 121 Å². The molecule has 0 aliphatic carbocycles. The van der Waals surface area contributed by atoms with Gasteiger partial charge in [0.05, 0.1) is 4.92 Å². The van der Waals surface area contributed by atoms with E-state index in [0.29, 0.717) is 23.7 Å². The summed E-state index contributed by atoms with van der Waals surface area (Å²) in [5, 5.41) is 14.6. The molecule has 1 aromatic heterocycles. The van der Waals surface area contributed by atoms with Gasteiger partial charge >= 0.3 is 0 Å². The van der Waals surface area contributed by atoms with Crippen LogP contribution in [0.2, 0.25) is 5.02 Å². The number of hydrogen-bond acceptors (Lipinski definition) is 4. The van der Waals surface area contributed by atoms with E-state index >= 15 is 0 Å². The summed E-state index contributed by atoms with van der Waals surface area (Å²) in [6.07, 6.45) is 2.52. The Morgan fingerprint density at radius 1 is 1.30 bits per heavy atom. The fourth-order valence-electron chi connectivity index (χ4n) is 1.86. The van der Waals surface area contributed by atoms with E-state index in [1.165, 1.54) is 12.1 Å². The van der Waals surface area contributed by atoms with Gasteiger partial charge < -0.3 is 5.32 Å². The van der Waals surface area contributed by atoms with Crippen LogP contribution < -0.4 is 5.32 Å². The third-order valence-corrected chi connectivity index (χ3v) is 3.07. The lowest BCUT2D eigenvalue weighted by molar-refractivity contribution is -0.385. The molecule has 2 aromatic rings. The van der Waals surface area contributed by atoms with Crippen molar-refractivity contribution < 1.29 is 4.92 Å². The van der Waals surface area contributed by atoms with Gasteiger partial charge in [-0.1, -0.05) is 17.7 Å². The van der Waals surface area contributed by atoms with E-state index in [0.717, 1.165) is 12.1 Å². The second-order valence-corrected chi connectivity index (χ2v) is 4.71. The number of rotatable bonds is 6. The number of hydrogen-bond donors (Lipinski definition) is 1. The Bertz CT molecular complexity index is 590. The number of benzene rings is 1. The molecule has 0 atom stereocenters. The molecule has 2 rings (SSSR count). The van der Waals surface area contributed by atoms with Gasteiger partial charge in [0.25, 0.3) is 5.69 Å². The minimum Gasteiger partial charge on any atom is -0.312 e. The van der Waals surface area contributed by atoms with Crippen molar-refractivity contribution in [2.45, 2.75) is 13.0 Å². The molecule has 6 heteroatoms. The van der Waals surface area contributed by atoms with Crippen LogP contribution in [0.1, 0.15) is 11.3 Å². The maximum absolute atomic E-state index is 10.9. The predicted octanol–water partition coefficient (Wildman–Crippen LogP) is 2.98. The van der Waals surface area contributed by atoms with Crippen molar-refractivity contribution in [1.29, 1.82) is 0 Å². The molecule has 0 radical (unpaired) electrons. The Morgan fingerprint density at radius 2 is 2.15 bits per heavy atom. The summed E-state index contributed by atoms with van der Waals surface area (Å²) < 4.78 is 0. The lowest BCUT2D eigenvalue weighted by Crippen LogP contribution is -2.17. The van der Waals surface area contributed by atoms with Gasteiger partial charge in [-0.3, -0.25) is 15.1 Å². The molecular formula is C14H14ClN3O2. The summed E-state index contributed by atoms with van der Waals surface area (Å²) in [4.78, 5) is 14.7. The monoisotopic (exact) mass is 291 g/mol. The van der Waals surface area contributed by atoms with Crippen molar-refractivity contribution in [1.82, 2.24) is 10.3 Å². The Hall–Kier alpha value is -1.98. The second kappa shape index (κ2) is 6.98. The van der Waals surface area contributed by atoms with E-state index < -0.39 is 4.92 Å². The van der Waals surface area contributed by atoms with Gasteiger partial charge in [-0.15, -0.1) is 0 Å². The predicted molar refractivity (Wildman–Crippen MR) is 77.8 cm³/mol. The summed E-state index contributed by atoms with van der Waals surface area (Å²) in [6, 6.07) is 10.3. The SMILES string of the molecule is O=[N+]([O-])c1ccc(Cl)cc1CNCCc1ccccn1. The fourth-order valence-corrected chi connectivity index (χ4v) is 2.05. The van der Waals surface area contributed by atoms with E-state index in [2.05, 4.69) is 10.3 Å². The van der Waals surface area contributed by atoms with Gasteiger partial charge in [0, 0.05) is 48.1 Å². The third-order valence-electron chi connectivity index (χ3n) is 2.84. The van der Waals surface area contributed by atoms with Crippen LogP contribution in [0.4, 0.5) is 5.69 Å². The smallest absolute Gasteiger partial charge is 0.273 e. The first-order valence-corrected chi connectivity index (χ1v) is 6.58. The second-order valence-electron chi connectivity index (χ2n) is 4.28.